The smallest absolute Gasteiger partial charge is 0.290 e. The molecule has 1 fully saturated rings. The van der Waals surface area contributed by atoms with Gasteiger partial charge in [0.25, 0.3) is 5.91 Å². The molecule has 3 N–H and O–H groups in total. The molecule has 0 aliphatic heterocycles. The number of aliphatic hydroxyl groups is 1. The van der Waals surface area contributed by atoms with Gasteiger partial charge in [-0.25, -0.2) is 4.98 Å². The van der Waals surface area contributed by atoms with Crippen molar-refractivity contribution in [3.63, 3.8) is 0 Å². The number of hydrogen-bond donors (Lipinski definition) is 3. The minimum absolute atomic E-state index is 0.127. The van der Waals surface area contributed by atoms with Crippen molar-refractivity contribution in [2.45, 2.75) is 45.4 Å². The van der Waals surface area contributed by atoms with Crippen LogP contribution >= 0.6 is 0 Å². The number of aromatic nitrogens is 3. The first kappa shape index (κ1) is 14.0. The lowest BCUT2D eigenvalue weighted by molar-refractivity contribution is 0.0871. The third-order valence-corrected chi connectivity index (χ3v) is 3.85. The summed E-state index contributed by atoms with van der Waals surface area (Å²) in [5, 5.41) is 19.0. The van der Waals surface area contributed by atoms with E-state index in [4.69, 9.17) is 0 Å². The second-order valence-corrected chi connectivity index (χ2v) is 5.40. The Labute approximate surface area is 113 Å². The molecule has 1 aliphatic carbocycles. The molecule has 6 heteroatoms. The summed E-state index contributed by atoms with van der Waals surface area (Å²) in [5.41, 5.74) is -0.141. The molecule has 6 nitrogen and oxygen atoms in total. The van der Waals surface area contributed by atoms with Crippen LogP contribution in [0.25, 0.3) is 0 Å². The standard InChI is InChI=1S/C13H22N4O2/c1-2-5-10-15-11(17-16-10)12(19)14-8-13(9-18)6-3-4-7-13/h18H,2-9H2,1H3,(H,14,19)(H,15,16,17). The largest absolute Gasteiger partial charge is 0.396 e. The number of rotatable bonds is 6. The number of hydrogen-bond acceptors (Lipinski definition) is 4. The van der Waals surface area contributed by atoms with Crippen LogP contribution in [0, 0.1) is 5.41 Å². The van der Waals surface area contributed by atoms with Crippen molar-refractivity contribution in [3.8, 4) is 0 Å². The number of nitrogens with one attached hydrogen (secondary N) is 2. The van der Waals surface area contributed by atoms with Crippen molar-refractivity contribution in [1.82, 2.24) is 20.5 Å². The Morgan fingerprint density at radius 1 is 1.47 bits per heavy atom. The molecule has 0 aromatic carbocycles. The zero-order valence-corrected chi connectivity index (χ0v) is 11.4. The summed E-state index contributed by atoms with van der Waals surface area (Å²) in [6, 6.07) is 0. The number of nitrogens with zero attached hydrogens (tertiary/aromatic N) is 2. The molecular formula is C13H22N4O2. The highest BCUT2D eigenvalue weighted by molar-refractivity contribution is 5.90. The van der Waals surface area contributed by atoms with Crippen molar-refractivity contribution < 1.29 is 9.90 Å². The number of aromatic amines is 1. The van der Waals surface area contributed by atoms with Crippen LogP contribution in [0.2, 0.25) is 0 Å². The summed E-state index contributed by atoms with van der Waals surface area (Å²) in [6.07, 6.45) is 5.94. The van der Waals surface area contributed by atoms with Crippen molar-refractivity contribution >= 4 is 5.91 Å². The maximum absolute atomic E-state index is 11.9. The lowest BCUT2D eigenvalue weighted by atomic mass is 9.87. The maximum Gasteiger partial charge on any atom is 0.290 e. The molecule has 0 atom stereocenters. The highest BCUT2D eigenvalue weighted by Crippen LogP contribution is 2.36. The normalized spacial score (nSPS) is 17.6. The van der Waals surface area contributed by atoms with E-state index in [2.05, 4.69) is 20.5 Å². The van der Waals surface area contributed by atoms with Gasteiger partial charge in [-0.15, -0.1) is 5.10 Å². The number of carbonyl (C=O) groups is 1. The summed E-state index contributed by atoms with van der Waals surface area (Å²) in [4.78, 5) is 16.1. The molecule has 1 heterocycles. The van der Waals surface area contributed by atoms with Gasteiger partial charge in [0.2, 0.25) is 5.82 Å². The fourth-order valence-electron chi connectivity index (χ4n) is 2.61. The Balaban J connectivity index is 1.89. The van der Waals surface area contributed by atoms with Gasteiger partial charge < -0.3 is 10.4 Å². The predicted octanol–water partition coefficient (Wildman–Crippen LogP) is 1.04. The molecule has 2 rings (SSSR count). The summed E-state index contributed by atoms with van der Waals surface area (Å²) in [5.74, 6) is 0.665. The Bertz CT molecular complexity index is 424. The second kappa shape index (κ2) is 6.14. The van der Waals surface area contributed by atoms with Gasteiger partial charge in [0.15, 0.2) is 0 Å². The summed E-state index contributed by atoms with van der Waals surface area (Å²) >= 11 is 0. The zero-order valence-electron chi connectivity index (χ0n) is 11.4. The quantitative estimate of drug-likeness (QED) is 0.717. The van der Waals surface area contributed by atoms with E-state index in [1.165, 1.54) is 0 Å². The van der Waals surface area contributed by atoms with E-state index >= 15 is 0 Å². The molecule has 1 saturated carbocycles. The summed E-state index contributed by atoms with van der Waals surface area (Å²) in [6.45, 7) is 2.68. The first-order chi connectivity index (χ1) is 9.19. The van der Waals surface area contributed by atoms with E-state index in [1.807, 2.05) is 6.92 Å². The molecule has 19 heavy (non-hydrogen) atoms. The predicted molar refractivity (Wildman–Crippen MR) is 70.7 cm³/mol. The van der Waals surface area contributed by atoms with E-state index in [9.17, 15) is 9.90 Å². The van der Waals surface area contributed by atoms with Gasteiger partial charge in [-0.05, 0) is 19.3 Å². The van der Waals surface area contributed by atoms with E-state index < -0.39 is 0 Å². The van der Waals surface area contributed by atoms with Crippen LogP contribution in [-0.4, -0.2) is 39.3 Å². The van der Waals surface area contributed by atoms with E-state index in [-0.39, 0.29) is 23.8 Å². The van der Waals surface area contributed by atoms with E-state index in [0.717, 1.165) is 44.3 Å². The average Bonchev–Trinajstić information content (AvgIpc) is 3.06. The van der Waals surface area contributed by atoms with Crippen LogP contribution in [0.5, 0.6) is 0 Å². The van der Waals surface area contributed by atoms with Crippen molar-refractivity contribution in [2.75, 3.05) is 13.2 Å². The molecule has 0 bridgehead atoms. The molecular weight excluding hydrogens is 244 g/mol. The van der Waals surface area contributed by atoms with Gasteiger partial charge in [-0.2, -0.15) is 0 Å². The van der Waals surface area contributed by atoms with Gasteiger partial charge >= 0.3 is 0 Å². The number of aryl methyl sites for hydroxylation is 1. The lowest BCUT2D eigenvalue weighted by Gasteiger charge is -2.26. The molecule has 1 aromatic rings. The Hall–Kier alpha value is -1.43. The van der Waals surface area contributed by atoms with Crippen LogP contribution in [0.15, 0.2) is 0 Å². The molecule has 106 valence electrons. The number of aliphatic hydroxyl groups excluding tert-OH is 1. The summed E-state index contributed by atoms with van der Waals surface area (Å²) in [7, 11) is 0. The Kier molecular flexibility index (Phi) is 4.52. The van der Waals surface area contributed by atoms with Gasteiger partial charge in [0.05, 0.1) is 6.61 Å². The molecule has 0 spiro atoms. The highest BCUT2D eigenvalue weighted by Gasteiger charge is 2.33. The number of amides is 1. The van der Waals surface area contributed by atoms with Crippen molar-refractivity contribution in [1.29, 1.82) is 0 Å². The molecule has 0 radical (unpaired) electrons. The van der Waals surface area contributed by atoms with Crippen LogP contribution in [0.4, 0.5) is 0 Å². The monoisotopic (exact) mass is 266 g/mol. The zero-order chi connectivity index (χ0) is 13.7. The third kappa shape index (κ3) is 3.32. The van der Waals surface area contributed by atoms with Gasteiger partial charge in [0, 0.05) is 18.4 Å². The lowest BCUT2D eigenvalue weighted by Crippen LogP contribution is -2.38. The van der Waals surface area contributed by atoms with Crippen LogP contribution < -0.4 is 5.32 Å². The van der Waals surface area contributed by atoms with E-state index in [1.54, 1.807) is 0 Å². The Morgan fingerprint density at radius 3 is 2.84 bits per heavy atom. The minimum atomic E-state index is -0.265. The Morgan fingerprint density at radius 2 is 2.21 bits per heavy atom. The van der Waals surface area contributed by atoms with Gasteiger partial charge in [-0.1, -0.05) is 19.8 Å². The fraction of sp³-hybridized carbons (Fsp3) is 0.769. The highest BCUT2D eigenvalue weighted by atomic mass is 16.3. The number of H-pyrrole nitrogens is 1. The minimum Gasteiger partial charge on any atom is -0.396 e. The maximum atomic E-state index is 11.9. The number of carbonyl (C=O) groups excluding carboxylic acids is 1. The van der Waals surface area contributed by atoms with Crippen LogP contribution in [-0.2, 0) is 6.42 Å². The SMILES string of the molecule is CCCc1nc(C(=O)NCC2(CO)CCCC2)n[nH]1. The topological polar surface area (TPSA) is 90.9 Å². The second-order valence-electron chi connectivity index (χ2n) is 5.40. The van der Waals surface area contributed by atoms with E-state index in [0.29, 0.717) is 6.54 Å². The average molecular weight is 266 g/mol. The first-order valence-electron chi connectivity index (χ1n) is 6.99. The molecule has 0 saturated heterocycles. The molecule has 1 amide bonds. The van der Waals surface area contributed by atoms with Crippen LogP contribution in [0.3, 0.4) is 0 Å². The van der Waals surface area contributed by atoms with Gasteiger partial charge in [0.1, 0.15) is 5.82 Å². The molecule has 0 unspecified atom stereocenters. The van der Waals surface area contributed by atoms with Crippen LogP contribution in [0.1, 0.15) is 55.5 Å². The third-order valence-electron chi connectivity index (χ3n) is 3.85. The van der Waals surface area contributed by atoms with Crippen molar-refractivity contribution in [2.24, 2.45) is 5.41 Å². The van der Waals surface area contributed by atoms with Crippen molar-refractivity contribution in [3.05, 3.63) is 11.6 Å². The summed E-state index contributed by atoms with van der Waals surface area (Å²) < 4.78 is 0. The molecule has 1 aliphatic rings. The molecule has 1 aromatic heterocycles. The fourth-order valence-corrected chi connectivity index (χ4v) is 2.61. The first-order valence-corrected chi connectivity index (χ1v) is 6.99. The van der Waals surface area contributed by atoms with Gasteiger partial charge in [-0.3, -0.25) is 9.89 Å².